The van der Waals surface area contributed by atoms with Crippen molar-refractivity contribution in [2.75, 3.05) is 19.6 Å². The Kier molecular flexibility index (Phi) is 7.01. The van der Waals surface area contributed by atoms with Crippen LogP contribution in [0.4, 0.5) is 0 Å². The molecule has 0 radical (unpaired) electrons. The van der Waals surface area contributed by atoms with Gasteiger partial charge >= 0.3 is 0 Å². The first kappa shape index (κ1) is 21.8. The van der Waals surface area contributed by atoms with Crippen molar-refractivity contribution in [2.45, 2.75) is 57.0 Å². The molecular weight excluding hydrogens is 412 g/mol. The first-order valence-electron chi connectivity index (χ1n) is 12.3. The summed E-state index contributed by atoms with van der Waals surface area (Å²) in [4.78, 5) is 7.19. The van der Waals surface area contributed by atoms with Gasteiger partial charge in [-0.15, -0.1) is 11.3 Å². The van der Waals surface area contributed by atoms with Gasteiger partial charge in [0.15, 0.2) is 0 Å². The van der Waals surface area contributed by atoms with Gasteiger partial charge in [-0.05, 0) is 78.2 Å². The Morgan fingerprint density at radius 2 is 1.97 bits per heavy atom. The fraction of sp³-hybridized carbons (Fsp3) is 0.464. The van der Waals surface area contributed by atoms with Crippen LogP contribution in [0.5, 0.6) is 0 Å². The number of aromatic nitrogens is 1. The van der Waals surface area contributed by atoms with Gasteiger partial charge in [0, 0.05) is 35.6 Å². The number of hydrogen-bond donors (Lipinski definition) is 1. The first-order valence-corrected chi connectivity index (χ1v) is 13.1. The third-order valence-corrected chi connectivity index (χ3v) is 8.45. The summed E-state index contributed by atoms with van der Waals surface area (Å²) in [7, 11) is 0. The molecule has 0 spiro atoms. The minimum absolute atomic E-state index is 0.129. The van der Waals surface area contributed by atoms with E-state index in [1.54, 1.807) is 0 Å². The molecule has 1 N–H and O–H groups in total. The van der Waals surface area contributed by atoms with Crippen LogP contribution in [-0.2, 0) is 0 Å². The Labute approximate surface area is 195 Å². The predicted molar refractivity (Wildman–Crippen MR) is 135 cm³/mol. The fourth-order valence-electron chi connectivity index (χ4n) is 5.62. The van der Waals surface area contributed by atoms with Crippen molar-refractivity contribution >= 4 is 27.0 Å². The maximum Gasteiger partial charge on any atom is 0.0652 e. The SMILES string of the molecule is OC(C1CCCCC1)C(CCN1CC=C(c2cccc3ccsc23)CC1)c1ccccn1. The van der Waals surface area contributed by atoms with Gasteiger partial charge in [-0.1, -0.05) is 49.6 Å². The third-order valence-electron chi connectivity index (χ3n) is 7.49. The van der Waals surface area contributed by atoms with Gasteiger partial charge in [-0.2, -0.15) is 0 Å². The number of hydrogen-bond acceptors (Lipinski definition) is 4. The second kappa shape index (κ2) is 10.3. The molecule has 0 amide bonds. The molecule has 0 saturated heterocycles. The van der Waals surface area contributed by atoms with Gasteiger partial charge in [0.2, 0.25) is 0 Å². The van der Waals surface area contributed by atoms with Gasteiger partial charge in [0.05, 0.1) is 6.10 Å². The van der Waals surface area contributed by atoms with E-state index in [1.807, 2.05) is 23.6 Å². The van der Waals surface area contributed by atoms with E-state index in [2.05, 4.69) is 57.7 Å². The number of thiophene rings is 1. The highest BCUT2D eigenvalue weighted by molar-refractivity contribution is 7.17. The Balaban J connectivity index is 1.25. The Morgan fingerprint density at radius 3 is 2.75 bits per heavy atom. The topological polar surface area (TPSA) is 36.4 Å². The largest absolute Gasteiger partial charge is 0.392 e. The van der Waals surface area contributed by atoms with Crippen molar-refractivity contribution in [3.05, 3.63) is 71.4 Å². The van der Waals surface area contributed by atoms with Crippen molar-refractivity contribution in [3.8, 4) is 0 Å². The van der Waals surface area contributed by atoms with E-state index < -0.39 is 0 Å². The highest BCUT2D eigenvalue weighted by Gasteiger charge is 2.31. The van der Waals surface area contributed by atoms with Crippen LogP contribution in [-0.4, -0.2) is 40.7 Å². The summed E-state index contributed by atoms with van der Waals surface area (Å²) in [6.45, 7) is 3.09. The quantitative estimate of drug-likeness (QED) is 0.450. The van der Waals surface area contributed by atoms with E-state index in [4.69, 9.17) is 0 Å². The number of pyridine rings is 1. The smallest absolute Gasteiger partial charge is 0.0652 e. The van der Waals surface area contributed by atoms with E-state index >= 15 is 0 Å². The minimum Gasteiger partial charge on any atom is -0.392 e. The molecule has 3 nitrogen and oxygen atoms in total. The molecule has 0 bridgehead atoms. The highest BCUT2D eigenvalue weighted by Crippen LogP contribution is 2.36. The lowest BCUT2D eigenvalue weighted by molar-refractivity contribution is 0.0530. The molecule has 1 aliphatic carbocycles. The highest BCUT2D eigenvalue weighted by atomic mass is 32.1. The van der Waals surface area contributed by atoms with E-state index in [-0.39, 0.29) is 12.0 Å². The lowest BCUT2D eigenvalue weighted by Crippen LogP contribution is -2.35. The van der Waals surface area contributed by atoms with Crippen LogP contribution in [0, 0.1) is 5.92 Å². The van der Waals surface area contributed by atoms with Crippen LogP contribution < -0.4 is 0 Å². The number of nitrogens with zero attached hydrogens (tertiary/aromatic N) is 2. The first-order chi connectivity index (χ1) is 15.8. The summed E-state index contributed by atoms with van der Waals surface area (Å²) in [5, 5.41) is 14.9. The van der Waals surface area contributed by atoms with E-state index in [0.717, 1.165) is 51.0 Å². The van der Waals surface area contributed by atoms with Gasteiger partial charge in [-0.3, -0.25) is 9.88 Å². The number of aliphatic hydroxyl groups excluding tert-OH is 1. The molecule has 5 rings (SSSR count). The maximum absolute atomic E-state index is 11.3. The molecule has 32 heavy (non-hydrogen) atoms. The summed E-state index contributed by atoms with van der Waals surface area (Å²) >= 11 is 1.85. The van der Waals surface area contributed by atoms with Crippen molar-refractivity contribution in [2.24, 2.45) is 5.92 Å². The average Bonchev–Trinajstić information content (AvgIpc) is 3.35. The summed E-state index contributed by atoms with van der Waals surface area (Å²) in [5.41, 5.74) is 3.96. The minimum atomic E-state index is -0.280. The second-order valence-electron chi connectivity index (χ2n) is 9.46. The molecule has 3 heterocycles. The third kappa shape index (κ3) is 4.83. The van der Waals surface area contributed by atoms with Crippen molar-refractivity contribution in [1.82, 2.24) is 9.88 Å². The van der Waals surface area contributed by atoms with Crippen LogP contribution in [0.2, 0.25) is 0 Å². The molecule has 2 aliphatic rings. The van der Waals surface area contributed by atoms with Gasteiger partial charge in [-0.25, -0.2) is 0 Å². The van der Waals surface area contributed by atoms with Crippen molar-refractivity contribution in [3.63, 3.8) is 0 Å². The maximum atomic E-state index is 11.3. The number of aliphatic hydroxyl groups is 1. The van der Waals surface area contributed by atoms with Gasteiger partial charge in [0.25, 0.3) is 0 Å². The average molecular weight is 447 g/mol. The summed E-state index contributed by atoms with van der Waals surface area (Å²) in [5.74, 6) is 0.555. The van der Waals surface area contributed by atoms with Crippen molar-refractivity contribution < 1.29 is 5.11 Å². The van der Waals surface area contributed by atoms with Crippen LogP contribution in [0.3, 0.4) is 0 Å². The molecule has 1 saturated carbocycles. The van der Waals surface area contributed by atoms with Gasteiger partial charge in [0.1, 0.15) is 0 Å². The molecule has 2 unspecified atom stereocenters. The Morgan fingerprint density at radius 1 is 1.06 bits per heavy atom. The lowest BCUT2D eigenvalue weighted by atomic mass is 9.78. The Hall–Kier alpha value is -2.01. The standard InChI is InChI=1S/C28H34N2OS/c31-27(22-7-2-1-3-8-22)25(26-11-4-5-16-29-26)14-19-30-17-12-21(13-18-30)24-10-6-9-23-15-20-32-28(23)24/h4-6,9-12,15-16,20,22,25,27,31H,1-3,7-8,13-14,17-19H2. The summed E-state index contributed by atoms with van der Waals surface area (Å²) < 4.78 is 1.41. The number of fused-ring (bicyclic) bond motifs is 1. The van der Waals surface area contributed by atoms with E-state index in [9.17, 15) is 5.11 Å². The van der Waals surface area contributed by atoms with Crippen LogP contribution in [0.25, 0.3) is 15.7 Å². The van der Waals surface area contributed by atoms with E-state index in [0.29, 0.717) is 5.92 Å². The monoisotopic (exact) mass is 446 g/mol. The Bertz CT molecular complexity index is 1040. The number of rotatable bonds is 7. The molecule has 1 aliphatic heterocycles. The molecule has 1 fully saturated rings. The zero-order chi connectivity index (χ0) is 21.8. The molecule has 3 aromatic rings. The molecule has 2 atom stereocenters. The fourth-order valence-corrected chi connectivity index (χ4v) is 6.57. The van der Waals surface area contributed by atoms with Crippen molar-refractivity contribution in [1.29, 1.82) is 0 Å². The molecule has 168 valence electrons. The van der Waals surface area contributed by atoms with Crippen LogP contribution in [0.15, 0.2) is 60.1 Å². The van der Waals surface area contributed by atoms with Crippen LogP contribution in [0.1, 0.15) is 62.1 Å². The number of benzene rings is 1. The normalized spacial score (nSPS) is 20.2. The summed E-state index contributed by atoms with van der Waals surface area (Å²) in [6.07, 6.45) is 12.2. The summed E-state index contributed by atoms with van der Waals surface area (Å²) in [6, 6.07) is 15.0. The zero-order valence-corrected chi connectivity index (χ0v) is 19.6. The predicted octanol–water partition coefficient (Wildman–Crippen LogP) is 6.50. The van der Waals surface area contributed by atoms with Crippen LogP contribution >= 0.6 is 11.3 Å². The lowest BCUT2D eigenvalue weighted by Gasteiger charge is -2.34. The second-order valence-corrected chi connectivity index (χ2v) is 10.4. The molecule has 1 aromatic carbocycles. The molecule has 4 heteroatoms. The zero-order valence-electron chi connectivity index (χ0n) is 18.8. The molecule has 2 aromatic heterocycles. The van der Waals surface area contributed by atoms with E-state index in [1.165, 1.54) is 40.5 Å². The molecular formula is C28H34N2OS. The van der Waals surface area contributed by atoms with Gasteiger partial charge < -0.3 is 5.11 Å².